The van der Waals surface area contributed by atoms with Gasteiger partial charge in [-0.15, -0.1) is 0 Å². The molecule has 1 aromatic rings. The van der Waals surface area contributed by atoms with E-state index >= 15 is 0 Å². The lowest BCUT2D eigenvalue weighted by atomic mass is 9.86. The predicted octanol–water partition coefficient (Wildman–Crippen LogP) is 4.08. The first kappa shape index (κ1) is 13.6. The molecule has 0 radical (unpaired) electrons. The van der Waals surface area contributed by atoms with Gasteiger partial charge in [-0.3, -0.25) is 0 Å². The second kappa shape index (κ2) is 5.44. The first-order chi connectivity index (χ1) is 8.47. The van der Waals surface area contributed by atoms with Crippen LogP contribution >= 0.6 is 0 Å². The molecule has 0 aromatic heterocycles. The Morgan fingerprint density at radius 1 is 1.11 bits per heavy atom. The van der Waals surface area contributed by atoms with Crippen LogP contribution in [0.25, 0.3) is 0 Å². The van der Waals surface area contributed by atoms with E-state index in [9.17, 15) is 5.11 Å². The van der Waals surface area contributed by atoms with E-state index in [1.807, 2.05) is 0 Å². The average molecular weight is 246 g/mol. The SMILES string of the molecule is CC(C)(C)c1ccc(CCC2CCCC2O)cc1. The summed E-state index contributed by atoms with van der Waals surface area (Å²) in [5, 5.41) is 9.82. The number of aliphatic hydroxyl groups excluding tert-OH is 1. The van der Waals surface area contributed by atoms with Gasteiger partial charge in [0.25, 0.3) is 0 Å². The van der Waals surface area contributed by atoms with Crippen LogP contribution in [0.5, 0.6) is 0 Å². The molecule has 2 unspecified atom stereocenters. The van der Waals surface area contributed by atoms with Crippen molar-refractivity contribution in [1.82, 2.24) is 0 Å². The molecule has 1 N–H and O–H groups in total. The second-order valence-corrected chi connectivity index (χ2v) is 6.74. The van der Waals surface area contributed by atoms with Crippen molar-refractivity contribution >= 4 is 0 Å². The monoisotopic (exact) mass is 246 g/mol. The summed E-state index contributed by atoms with van der Waals surface area (Å²) in [4.78, 5) is 0. The van der Waals surface area contributed by atoms with Crippen LogP contribution in [0.3, 0.4) is 0 Å². The van der Waals surface area contributed by atoms with E-state index in [1.54, 1.807) is 0 Å². The first-order valence-electron chi connectivity index (χ1n) is 7.24. The third-order valence-electron chi connectivity index (χ3n) is 4.24. The Hall–Kier alpha value is -0.820. The molecule has 1 aromatic carbocycles. The third kappa shape index (κ3) is 3.35. The van der Waals surface area contributed by atoms with Crippen LogP contribution < -0.4 is 0 Å². The van der Waals surface area contributed by atoms with Crippen molar-refractivity contribution < 1.29 is 5.11 Å². The van der Waals surface area contributed by atoms with Gasteiger partial charge in [0.05, 0.1) is 6.10 Å². The Labute approximate surface area is 111 Å². The fourth-order valence-electron chi connectivity index (χ4n) is 2.88. The maximum Gasteiger partial charge on any atom is 0.0568 e. The van der Waals surface area contributed by atoms with Gasteiger partial charge >= 0.3 is 0 Å². The molecule has 1 heteroatoms. The molecule has 18 heavy (non-hydrogen) atoms. The summed E-state index contributed by atoms with van der Waals surface area (Å²) in [6, 6.07) is 9.00. The average Bonchev–Trinajstić information content (AvgIpc) is 2.72. The fourth-order valence-corrected chi connectivity index (χ4v) is 2.88. The normalized spacial score (nSPS) is 24.4. The zero-order valence-electron chi connectivity index (χ0n) is 11.9. The zero-order valence-corrected chi connectivity index (χ0v) is 11.9. The van der Waals surface area contributed by atoms with Crippen molar-refractivity contribution in [3.05, 3.63) is 35.4 Å². The minimum Gasteiger partial charge on any atom is -0.393 e. The predicted molar refractivity (Wildman–Crippen MR) is 76.8 cm³/mol. The first-order valence-corrected chi connectivity index (χ1v) is 7.24. The van der Waals surface area contributed by atoms with Crippen LogP contribution in [0, 0.1) is 5.92 Å². The van der Waals surface area contributed by atoms with Crippen LogP contribution in [0.15, 0.2) is 24.3 Å². The molecule has 0 spiro atoms. The smallest absolute Gasteiger partial charge is 0.0568 e. The summed E-state index contributed by atoms with van der Waals surface area (Å²) in [5.74, 6) is 0.535. The van der Waals surface area contributed by atoms with Crippen molar-refractivity contribution in [1.29, 1.82) is 0 Å². The molecule has 2 rings (SSSR count). The second-order valence-electron chi connectivity index (χ2n) is 6.74. The zero-order chi connectivity index (χ0) is 13.2. The number of hydrogen-bond acceptors (Lipinski definition) is 1. The van der Waals surface area contributed by atoms with Crippen molar-refractivity contribution in [2.24, 2.45) is 5.92 Å². The van der Waals surface area contributed by atoms with E-state index in [0.717, 1.165) is 19.3 Å². The molecule has 1 saturated carbocycles. The molecular formula is C17H26O. The Balaban J connectivity index is 1.90. The quantitative estimate of drug-likeness (QED) is 0.852. The van der Waals surface area contributed by atoms with Crippen LogP contribution in [-0.4, -0.2) is 11.2 Å². The number of aliphatic hydroxyl groups is 1. The minimum atomic E-state index is -0.0427. The van der Waals surface area contributed by atoms with Crippen molar-refractivity contribution in [3.63, 3.8) is 0 Å². The molecule has 2 atom stereocenters. The number of benzene rings is 1. The van der Waals surface area contributed by atoms with Crippen LogP contribution in [0.4, 0.5) is 0 Å². The van der Waals surface area contributed by atoms with E-state index in [2.05, 4.69) is 45.0 Å². The van der Waals surface area contributed by atoms with Crippen molar-refractivity contribution in [2.75, 3.05) is 0 Å². The van der Waals surface area contributed by atoms with Crippen LogP contribution in [-0.2, 0) is 11.8 Å². The highest BCUT2D eigenvalue weighted by atomic mass is 16.3. The Bertz CT molecular complexity index is 372. The lowest BCUT2D eigenvalue weighted by Crippen LogP contribution is -2.14. The van der Waals surface area contributed by atoms with E-state index < -0.39 is 0 Å². The molecule has 100 valence electrons. The molecule has 1 aliphatic carbocycles. The topological polar surface area (TPSA) is 20.2 Å². The maximum absolute atomic E-state index is 9.82. The fraction of sp³-hybridized carbons (Fsp3) is 0.647. The molecule has 0 saturated heterocycles. The van der Waals surface area contributed by atoms with Gasteiger partial charge in [0.15, 0.2) is 0 Å². The molecule has 1 fully saturated rings. The van der Waals surface area contributed by atoms with Gasteiger partial charge in [-0.05, 0) is 48.1 Å². The maximum atomic E-state index is 9.82. The highest BCUT2D eigenvalue weighted by Gasteiger charge is 2.24. The number of rotatable bonds is 3. The summed E-state index contributed by atoms with van der Waals surface area (Å²) in [6.07, 6.45) is 5.62. The lowest BCUT2D eigenvalue weighted by molar-refractivity contribution is 0.128. The van der Waals surface area contributed by atoms with Crippen LogP contribution in [0.1, 0.15) is 57.6 Å². The lowest BCUT2D eigenvalue weighted by Gasteiger charge is -2.19. The van der Waals surface area contributed by atoms with Crippen molar-refractivity contribution in [2.45, 2.75) is 64.4 Å². The number of hydrogen-bond donors (Lipinski definition) is 1. The summed E-state index contributed by atoms with van der Waals surface area (Å²) < 4.78 is 0. The van der Waals surface area contributed by atoms with Gasteiger partial charge in [-0.25, -0.2) is 0 Å². The van der Waals surface area contributed by atoms with Gasteiger partial charge in [0.1, 0.15) is 0 Å². The van der Waals surface area contributed by atoms with Gasteiger partial charge in [0.2, 0.25) is 0 Å². The molecular weight excluding hydrogens is 220 g/mol. The van der Waals surface area contributed by atoms with Gasteiger partial charge in [0, 0.05) is 0 Å². The van der Waals surface area contributed by atoms with E-state index in [4.69, 9.17) is 0 Å². The molecule has 0 aliphatic heterocycles. The summed E-state index contributed by atoms with van der Waals surface area (Å²) >= 11 is 0. The van der Waals surface area contributed by atoms with E-state index in [1.165, 1.54) is 24.0 Å². The highest BCUT2D eigenvalue weighted by molar-refractivity contribution is 5.27. The summed E-state index contributed by atoms with van der Waals surface area (Å²) in [5.41, 5.74) is 3.04. The third-order valence-corrected chi connectivity index (χ3v) is 4.24. The largest absolute Gasteiger partial charge is 0.393 e. The summed E-state index contributed by atoms with van der Waals surface area (Å²) in [6.45, 7) is 6.74. The van der Waals surface area contributed by atoms with E-state index in [0.29, 0.717) is 5.92 Å². The standard InChI is InChI=1S/C17H26O/c1-17(2,3)15-11-8-13(9-12-15)7-10-14-5-4-6-16(14)18/h8-9,11-12,14,16,18H,4-7,10H2,1-3H3. The van der Waals surface area contributed by atoms with Gasteiger partial charge in [-0.2, -0.15) is 0 Å². The van der Waals surface area contributed by atoms with Crippen molar-refractivity contribution in [3.8, 4) is 0 Å². The van der Waals surface area contributed by atoms with Gasteiger partial charge < -0.3 is 5.11 Å². The van der Waals surface area contributed by atoms with Gasteiger partial charge in [-0.1, -0.05) is 51.5 Å². The molecule has 1 nitrogen and oxygen atoms in total. The van der Waals surface area contributed by atoms with Crippen LogP contribution in [0.2, 0.25) is 0 Å². The Morgan fingerprint density at radius 3 is 2.28 bits per heavy atom. The molecule has 0 heterocycles. The molecule has 1 aliphatic rings. The van der Waals surface area contributed by atoms with E-state index in [-0.39, 0.29) is 11.5 Å². The highest BCUT2D eigenvalue weighted by Crippen LogP contribution is 2.29. The Morgan fingerprint density at radius 2 is 1.78 bits per heavy atom. The minimum absolute atomic E-state index is 0.0427. The molecule has 0 bridgehead atoms. The number of aryl methyl sites for hydroxylation is 1. The Kier molecular flexibility index (Phi) is 4.11. The molecule has 0 amide bonds. The summed E-state index contributed by atoms with van der Waals surface area (Å²) in [7, 11) is 0.